The van der Waals surface area contributed by atoms with Gasteiger partial charge in [0.25, 0.3) is 0 Å². The minimum Gasteiger partial charge on any atom is -0.257 e. The lowest BCUT2D eigenvalue weighted by atomic mass is 10.4. The molecule has 0 fully saturated rings. The maximum absolute atomic E-state index is 3.98. The van der Waals surface area contributed by atoms with Crippen molar-refractivity contribution in [2.24, 2.45) is 0 Å². The molecule has 0 spiro atoms. The van der Waals surface area contributed by atoms with E-state index in [0.29, 0.717) is 0 Å². The molecule has 1 aromatic heterocycles. The van der Waals surface area contributed by atoms with Crippen LogP contribution in [-0.2, 0) is 0 Å². The molecule has 1 heteroatoms. The Morgan fingerprint density at radius 2 is 1.57 bits per heavy atom. The lowest BCUT2D eigenvalue weighted by Gasteiger charge is -1.84. The number of nitrogens with zero attached hydrogens (tertiary/aromatic N) is 1. The van der Waals surface area contributed by atoms with Crippen LogP contribution in [0, 0.1) is 0 Å². The minimum atomic E-state index is 0.924. The second kappa shape index (κ2) is 13.7. The van der Waals surface area contributed by atoms with Crippen molar-refractivity contribution >= 4 is 6.08 Å². The zero-order valence-corrected chi connectivity index (χ0v) is 8.52. The highest BCUT2D eigenvalue weighted by Gasteiger charge is 1.77. The van der Waals surface area contributed by atoms with Crippen LogP contribution in [0.1, 0.15) is 5.69 Å². The fourth-order valence-corrected chi connectivity index (χ4v) is 0.497. The summed E-state index contributed by atoms with van der Waals surface area (Å²) in [5, 5.41) is 0. The molecule has 0 saturated carbocycles. The largest absolute Gasteiger partial charge is 0.257 e. The topological polar surface area (TPSA) is 12.9 Å². The third-order valence-electron chi connectivity index (χ3n) is 1.06. The zero-order valence-electron chi connectivity index (χ0n) is 8.52. The Hall–Kier alpha value is -1.89. The molecule has 0 saturated heterocycles. The Bertz CT molecular complexity index is 243. The Kier molecular flexibility index (Phi) is 14.3. The number of hydrogen-bond acceptors (Lipinski definition) is 1. The van der Waals surface area contributed by atoms with Crippen LogP contribution < -0.4 is 0 Å². The molecule has 0 amide bonds. The molecular formula is C13H17N. The van der Waals surface area contributed by atoms with E-state index in [-0.39, 0.29) is 0 Å². The van der Waals surface area contributed by atoms with Gasteiger partial charge in [-0.2, -0.15) is 0 Å². The molecule has 0 atom stereocenters. The van der Waals surface area contributed by atoms with Gasteiger partial charge in [-0.1, -0.05) is 38.0 Å². The first-order valence-corrected chi connectivity index (χ1v) is 4.12. The van der Waals surface area contributed by atoms with Crippen molar-refractivity contribution in [3.8, 4) is 0 Å². The summed E-state index contributed by atoms with van der Waals surface area (Å²) in [5.41, 5.74) is 0.924. The van der Waals surface area contributed by atoms with Gasteiger partial charge >= 0.3 is 0 Å². The summed E-state index contributed by atoms with van der Waals surface area (Å²) in [4.78, 5) is 3.98. The van der Waals surface area contributed by atoms with Crippen molar-refractivity contribution in [3.05, 3.63) is 75.1 Å². The highest BCUT2D eigenvalue weighted by Crippen LogP contribution is 1.91. The molecule has 74 valence electrons. The second-order valence-corrected chi connectivity index (χ2v) is 1.93. The van der Waals surface area contributed by atoms with Crippen molar-refractivity contribution < 1.29 is 0 Å². The number of rotatable bonds is 2. The molecule has 0 aliphatic carbocycles. The van der Waals surface area contributed by atoms with Gasteiger partial charge < -0.3 is 0 Å². The predicted molar refractivity (Wildman–Crippen MR) is 66.0 cm³/mol. The van der Waals surface area contributed by atoms with E-state index in [1.54, 1.807) is 24.4 Å². The van der Waals surface area contributed by atoms with Crippen LogP contribution >= 0.6 is 0 Å². The Morgan fingerprint density at radius 1 is 1.00 bits per heavy atom. The van der Waals surface area contributed by atoms with Crippen LogP contribution in [0.4, 0.5) is 0 Å². The van der Waals surface area contributed by atoms with E-state index < -0.39 is 0 Å². The molecular weight excluding hydrogens is 170 g/mol. The lowest BCUT2D eigenvalue weighted by Crippen LogP contribution is -1.73. The van der Waals surface area contributed by atoms with Crippen molar-refractivity contribution in [1.29, 1.82) is 0 Å². The van der Waals surface area contributed by atoms with Gasteiger partial charge in [0.2, 0.25) is 0 Å². The molecule has 0 radical (unpaired) electrons. The van der Waals surface area contributed by atoms with Gasteiger partial charge in [0, 0.05) is 6.20 Å². The van der Waals surface area contributed by atoms with Gasteiger partial charge in [0.1, 0.15) is 0 Å². The van der Waals surface area contributed by atoms with E-state index in [2.05, 4.69) is 37.9 Å². The van der Waals surface area contributed by atoms with Gasteiger partial charge in [-0.25, -0.2) is 0 Å². The zero-order chi connectivity index (χ0) is 11.2. The van der Waals surface area contributed by atoms with Crippen LogP contribution in [0.3, 0.4) is 0 Å². The summed E-state index contributed by atoms with van der Waals surface area (Å²) < 4.78 is 0. The fraction of sp³-hybridized carbons (Fsp3) is 0. The first-order valence-electron chi connectivity index (χ1n) is 4.12. The Balaban J connectivity index is 0. The van der Waals surface area contributed by atoms with E-state index in [9.17, 15) is 0 Å². The van der Waals surface area contributed by atoms with E-state index in [1.807, 2.05) is 18.2 Å². The smallest absolute Gasteiger partial charge is 0.0623 e. The summed E-state index contributed by atoms with van der Waals surface area (Å²) in [7, 11) is 0. The lowest BCUT2D eigenvalue weighted by molar-refractivity contribution is 1.30. The third-order valence-corrected chi connectivity index (χ3v) is 1.06. The molecule has 1 aromatic rings. The normalized spacial score (nSPS) is 6.57. The average Bonchev–Trinajstić information content (AvgIpc) is 2.33. The van der Waals surface area contributed by atoms with E-state index in [4.69, 9.17) is 0 Å². The molecule has 0 aliphatic rings. The molecule has 1 heterocycles. The molecule has 1 nitrogen and oxygen atoms in total. The van der Waals surface area contributed by atoms with Crippen molar-refractivity contribution in [1.82, 2.24) is 4.98 Å². The van der Waals surface area contributed by atoms with Gasteiger partial charge in [0.15, 0.2) is 0 Å². The monoisotopic (exact) mass is 187 g/mol. The first kappa shape index (κ1) is 14.6. The minimum absolute atomic E-state index is 0.924. The van der Waals surface area contributed by atoms with Crippen LogP contribution in [0.25, 0.3) is 6.08 Å². The van der Waals surface area contributed by atoms with E-state index in [1.165, 1.54) is 0 Å². The van der Waals surface area contributed by atoms with Gasteiger partial charge in [-0.05, 0) is 18.2 Å². The first-order chi connectivity index (χ1) is 6.85. The molecule has 0 bridgehead atoms. The molecule has 14 heavy (non-hydrogen) atoms. The SMILES string of the molecule is C=C.C=CC=C.C=Cc1ccccn1. The quantitative estimate of drug-likeness (QED) is 0.505. The van der Waals surface area contributed by atoms with Crippen molar-refractivity contribution in [3.63, 3.8) is 0 Å². The number of pyridine rings is 1. The summed E-state index contributed by atoms with van der Waals surface area (Å²) in [6.07, 6.45) is 6.75. The van der Waals surface area contributed by atoms with Crippen LogP contribution in [0.15, 0.2) is 69.4 Å². The van der Waals surface area contributed by atoms with Crippen molar-refractivity contribution in [2.45, 2.75) is 0 Å². The van der Waals surface area contributed by atoms with Crippen LogP contribution in [0.2, 0.25) is 0 Å². The number of hydrogen-bond donors (Lipinski definition) is 0. The molecule has 0 N–H and O–H groups in total. The van der Waals surface area contributed by atoms with Gasteiger partial charge in [0.05, 0.1) is 5.69 Å². The molecule has 0 unspecified atom stereocenters. The summed E-state index contributed by atoms with van der Waals surface area (Å²) in [6.45, 7) is 16.3. The summed E-state index contributed by atoms with van der Waals surface area (Å²) in [6, 6.07) is 5.73. The molecule has 0 aromatic carbocycles. The Morgan fingerprint density at radius 3 is 1.79 bits per heavy atom. The van der Waals surface area contributed by atoms with Gasteiger partial charge in [-0.3, -0.25) is 4.98 Å². The third kappa shape index (κ3) is 10.1. The molecule has 1 rings (SSSR count). The highest BCUT2D eigenvalue weighted by molar-refractivity contribution is 5.40. The van der Waals surface area contributed by atoms with Gasteiger partial charge in [-0.15, -0.1) is 13.2 Å². The Labute approximate surface area is 86.8 Å². The standard InChI is InChI=1S/C7H7N.C4H6.C2H4/c1-2-7-5-3-4-6-8-7;1-3-4-2;1-2/h2-6H,1H2;3-4H,1-2H2;1-2H2. The number of aromatic nitrogens is 1. The van der Waals surface area contributed by atoms with Crippen molar-refractivity contribution in [2.75, 3.05) is 0 Å². The predicted octanol–water partition coefficient (Wildman–Crippen LogP) is 3.89. The highest BCUT2D eigenvalue weighted by atomic mass is 14.6. The number of allylic oxidation sites excluding steroid dienone is 2. The van der Waals surface area contributed by atoms with E-state index >= 15 is 0 Å². The van der Waals surface area contributed by atoms with Crippen LogP contribution in [-0.4, -0.2) is 4.98 Å². The summed E-state index contributed by atoms with van der Waals surface area (Å²) in [5.74, 6) is 0. The van der Waals surface area contributed by atoms with Crippen LogP contribution in [0.5, 0.6) is 0 Å². The summed E-state index contributed by atoms with van der Waals surface area (Å²) >= 11 is 0. The second-order valence-electron chi connectivity index (χ2n) is 1.93. The maximum Gasteiger partial charge on any atom is 0.0623 e. The maximum atomic E-state index is 3.98. The van der Waals surface area contributed by atoms with E-state index in [0.717, 1.165) is 5.69 Å². The fourth-order valence-electron chi connectivity index (χ4n) is 0.497. The average molecular weight is 187 g/mol. The molecule has 0 aliphatic heterocycles.